The summed E-state index contributed by atoms with van der Waals surface area (Å²) in [6.45, 7) is 4.61. The zero-order valence-electron chi connectivity index (χ0n) is 15.3. The first kappa shape index (κ1) is 20.0. The second kappa shape index (κ2) is 9.43. The zero-order valence-corrected chi connectivity index (χ0v) is 16.1. The molecule has 0 radical (unpaired) electrons. The summed E-state index contributed by atoms with van der Waals surface area (Å²) in [4.78, 5) is 24.4. The van der Waals surface area contributed by atoms with Crippen molar-refractivity contribution in [3.8, 4) is 17.3 Å². The maximum Gasteiger partial charge on any atom is 0.252 e. The second-order valence-corrected chi connectivity index (χ2v) is 6.28. The van der Waals surface area contributed by atoms with Crippen molar-refractivity contribution in [2.24, 2.45) is 4.99 Å². The first-order valence-corrected chi connectivity index (χ1v) is 8.98. The smallest absolute Gasteiger partial charge is 0.252 e. The summed E-state index contributed by atoms with van der Waals surface area (Å²) in [5.74, 6) is 0.0412. The van der Waals surface area contributed by atoms with Crippen LogP contribution in [0.5, 0.6) is 0 Å². The van der Waals surface area contributed by atoms with Crippen LogP contribution in [-0.4, -0.2) is 45.5 Å². The van der Waals surface area contributed by atoms with Crippen LogP contribution in [0.4, 0.5) is 11.6 Å². The van der Waals surface area contributed by atoms with Crippen LogP contribution in [0.1, 0.15) is 10.4 Å². The van der Waals surface area contributed by atoms with Gasteiger partial charge in [-0.15, -0.1) is 0 Å². The minimum atomic E-state index is -0.321. The molecular weight excluding hydrogens is 392 g/mol. The molecule has 1 aromatic carbocycles. The fourth-order valence-corrected chi connectivity index (χ4v) is 2.68. The summed E-state index contributed by atoms with van der Waals surface area (Å²) in [6, 6.07) is 8.62. The third-order valence-electron chi connectivity index (χ3n) is 3.87. The van der Waals surface area contributed by atoms with Crippen molar-refractivity contribution in [2.75, 3.05) is 18.4 Å². The first-order chi connectivity index (χ1) is 14.1. The number of rotatable bonds is 8. The average Bonchev–Trinajstić information content (AvgIpc) is 3.19. The van der Waals surface area contributed by atoms with Gasteiger partial charge in [-0.25, -0.2) is 9.97 Å². The Morgan fingerprint density at radius 3 is 2.83 bits per heavy atom. The first-order valence-electron chi connectivity index (χ1n) is 8.61. The number of nitrogens with one attached hydrogen (secondary N) is 2. The molecule has 0 aliphatic carbocycles. The van der Waals surface area contributed by atoms with Crippen LogP contribution in [0.15, 0.2) is 47.8 Å². The maximum atomic E-state index is 11.9. The number of aliphatic imine (C=N–C) groups is 1. The van der Waals surface area contributed by atoms with Crippen LogP contribution in [0.3, 0.4) is 0 Å². The number of halogens is 1. The molecule has 146 valence electrons. The molecule has 9 nitrogen and oxygen atoms in total. The molecule has 0 fully saturated rings. The van der Waals surface area contributed by atoms with Crippen molar-refractivity contribution in [3.05, 3.63) is 53.4 Å². The van der Waals surface area contributed by atoms with Crippen molar-refractivity contribution in [1.82, 2.24) is 25.1 Å². The Morgan fingerprint density at radius 2 is 2.10 bits per heavy atom. The fraction of sp³-hybridized carbons (Fsp3) is 0.158. The summed E-state index contributed by atoms with van der Waals surface area (Å²) >= 11 is 6.27. The predicted molar refractivity (Wildman–Crippen MR) is 110 cm³/mol. The highest BCUT2D eigenvalue weighted by Crippen LogP contribution is 2.27. The molecule has 29 heavy (non-hydrogen) atoms. The van der Waals surface area contributed by atoms with Gasteiger partial charge in [-0.2, -0.15) is 10.4 Å². The Balaban J connectivity index is 1.77. The van der Waals surface area contributed by atoms with Gasteiger partial charge in [-0.3, -0.25) is 14.5 Å². The molecule has 0 atom stereocenters. The van der Waals surface area contributed by atoms with E-state index in [1.165, 1.54) is 6.20 Å². The van der Waals surface area contributed by atoms with Crippen molar-refractivity contribution < 1.29 is 4.79 Å². The number of nitriles is 1. The highest BCUT2D eigenvalue weighted by molar-refractivity contribution is 6.32. The third-order valence-corrected chi connectivity index (χ3v) is 4.15. The normalized spacial score (nSPS) is 10.2. The number of nitrogens with zero attached hydrogens (tertiary/aromatic N) is 6. The zero-order chi connectivity index (χ0) is 20.6. The molecule has 0 aliphatic rings. The molecule has 1 amide bonds. The van der Waals surface area contributed by atoms with E-state index in [1.807, 2.05) is 12.3 Å². The van der Waals surface area contributed by atoms with Crippen LogP contribution >= 0.6 is 11.6 Å². The van der Waals surface area contributed by atoms with Crippen LogP contribution in [-0.2, 0) is 6.54 Å². The SMILES string of the molecule is C=NCCn1cc(Nc2ncc(Cl)c(-c3ccc(C(=O)NCC#N)cc3)n2)cn1. The molecule has 10 heteroatoms. The standard InChI is InChI=1S/C19H17ClN8O/c1-22-8-9-28-12-15(10-25-28)26-19-24-11-16(20)17(27-19)13-2-4-14(5-3-13)18(29)23-7-6-21/h2-5,10-12H,1,7-9H2,(H,23,29)(H,24,26,27). The van der Waals surface area contributed by atoms with E-state index in [0.717, 1.165) is 11.3 Å². The Kier molecular flexibility index (Phi) is 6.50. The molecule has 3 aromatic rings. The Hall–Kier alpha value is -3.77. The lowest BCUT2D eigenvalue weighted by Gasteiger charge is -2.08. The number of carbonyl (C=O) groups excluding carboxylic acids is 1. The molecule has 2 N–H and O–H groups in total. The van der Waals surface area contributed by atoms with Crippen LogP contribution in [0.2, 0.25) is 5.02 Å². The van der Waals surface area contributed by atoms with E-state index in [-0.39, 0.29) is 12.5 Å². The minimum absolute atomic E-state index is 0.0476. The van der Waals surface area contributed by atoms with E-state index in [0.29, 0.717) is 35.3 Å². The highest BCUT2D eigenvalue weighted by atomic mass is 35.5. The van der Waals surface area contributed by atoms with Gasteiger partial charge in [-0.1, -0.05) is 23.7 Å². The number of hydrogen-bond acceptors (Lipinski definition) is 7. The quantitative estimate of drug-likeness (QED) is 0.436. The van der Waals surface area contributed by atoms with Gasteiger partial charge in [0.15, 0.2) is 0 Å². The molecule has 0 bridgehead atoms. The van der Waals surface area contributed by atoms with E-state index < -0.39 is 0 Å². The molecule has 0 spiro atoms. The van der Waals surface area contributed by atoms with E-state index in [4.69, 9.17) is 16.9 Å². The second-order valence-electron chi connectivity index (χ2n) is 5.87. The molecule has 0 saturated heterocycles. The lowest BCUT2D eigenvalue weighted by molar-refractivity contribution is 0.0958. The van der Waals surface area contributed by atoms with E-state index in [2.05, 4.69) is 37.4 Å². The lowest BCUT2D eigenvalue weighted by atomic mass is 10.1. The van der Waals surface area contributed by atoms with Gasteiger partial charge in [0.1, 0.15) is 6.54 Å². The van der Waals surface area contributed by atoms with E-state index in [1.54, 1.807) is 35.1 Å². The Labute approximate surface area is 172 Å². The van der Waals surface area contributed by atoms with Gasteiger partial charge in [0.25, 0.3) is 5.91 Å². The molecule has 0 saturated carbocycles. The van der Waals surface area contributed by atoms with Crippen LogP contribution in [0, 0.1) is 11.3 Å². The average molecular weight is 409 g/mol. The van der Waals surface area contributed by atoms with Gasteiger partial charge in [0.05, 0.1) is 48.0 Å². The molecule has 3 rings (SSSR count). The molecular formula is C19H17ClN8O. The van der Waals surface area contributed by atoms with Crippen molar-refractivity contribution in [2.45, 2.75) is 6.54 Å². The number of benzene rings is 1. The summed E-state index contributed by atoms with van der Waals surface area (Å²) < 4.78 is 1.74. The van der Waals surface area contributed by atoms with E-state index in [9.17, 15) is 4.79 Å². The number of aromatic nitrogens is 4. The minimum Gasteiger partial charge on any atom is -0.339 e. The number of hydrogen-bond donors (Lipinski definition) is 2. The summed E-state index contributed by atoms with van der Waals surface area (Å²) in [6.07, 6.45) is 4.98. The van der Waals surface area contributed by atoms with Gasteiger partial charge < -0.3 is 10.6 Å². The topological polar surface area (TPSA) is 121 Å². The molecule has 0 unspecified atom stereocenters. The highest BCUT2D eigenvalue weighted by Gasteiger charge is 2.11. The van der Waals surface area contributed by atoms with Crippen molar-refractivity contribution in [3.63, 3.8) is 0 Å². The molecule has 2 heterocycles. The largest absolute Gasteiger partial charge is 0.339 e. The van der Waals surface area contributed by atoms with Gasteiger partial charge in [-0.05, 0) is 18.9 Å². The van der Waals surface area contributed by atoms with Crippen molar-refractivity contribution in [1.29, 1.82) is 5.26 Å². The number of carbonyl (C=O) groups is 1. The Bertz CT molecular complexity index is 1050. The summed E-state index contributed by atoms with van der Waals surface area (Å²) in [7, 11) is 0. The van der Waals surface area contributed by atoms with Gasteiger partial charge in [0.2, 0.25) is 5.95 Å². The van der Waals surface area contributed by atoms with Gasteiger partial charge >= 0.3 is 0 Å². The number of amides is 1. The van der Waals surface area contributed by atoms with Gasteiger partial charge in [0, 0.05) is 17.3 Å². The lowest BCUT2D eigenvalue weighted by Crippen LogP contribution is -2.23. The molecule has 2 aromatic heterocycles. The predicted octanol–water partition coefficient (Wildman–Crippen LogP) is 2.69. The summed E-state index contributed by atoms with van der Waals surface area (Å²) in [5, 5.41) is 18.7. The third kappa shape index (κ3) is 5.15. The fourth-order valence-electron chi connectivity index (χ4n) is 2.48. The summed E-state index contributed by atoms with van der Waals surface area (Å²) in [5.41, 5.74) is 2.42. The van der Waals surface area contributed by atoms with Crippen LogP contribution < -0.4 is 10.6 Å². The monoisotopic (exact) mass is 408 g/mol. The van der Waals surface area contributed by atoms with E-state index >= 15 is 0 Å². The Morgan fingerprint density at radius 1 is 1.31 bits per heavy atom. The maximum absolute atomic E-state index is 11.9. The van der Waals surface area contributed by atoms with Crippen molar-refractivity contribution >= 4 is 35.9 Å². The molecule has 0 aliphatic heterocycles. The van der Waals surface area contributed by atoms with Crippen LogP contribution in [0.25, 0.3) is 11.3 Å². The number of anilines is 2.